The lowest BCUT2D eigenvalue weighted by Gasteiger charge is -2.23. The summed E-state index contributed by atoms with van der Waals surface area (Å²) in [5.41, 5.74) is -0.821. The van der Waals surface area contributed by atoms with Gasteiger partial charge in [-0.3, -0.25) is 14.2 Å². The third-order valence-corrected chi connectivity index (χ3v) is 6.79. The zero-order valence-corrected chi connectivity index (χ0v) is 25.0. The molecule has 2 aromatic rings. The molecule has 0 aliphatic heterocycles. The molecule has 0 aliphatic rings. The van der Waals surface area contributed by atoms with Crippen molar-refractivity contribution in [2.75, 3.05) is 31.2 Å². The zero-order valence-electron chi connectivity index (χ0n) is 24.2. The molecule has 0 aliphatic carbocycles. The number of benzene rings is 1. The van der Waals surface area contributed by atoms with E-state index in [4.69, 9.17) is 9.47 Å². The van der Waals surface area contributed by atoms with Crippen LogP contribution in [0.1, 0.15) is 73.1 Å². The molecule has 0 amide bonds. The van der Waals surface area contributed by atoms with Crippen LogP contribution in [0.5, 0.6) is 5.75 Å². The Balaban J connectivity index is 0.00000352. The molecule has 0 bridgehead atoms. The molecule has 1 atom stereocenters. The van der Waals surface area contributed by atoms with E-state index in [0.717, 1.165) is 34.5 Å². The lowest BCUT2D eigenvalue weighted by molar-refractivity contribution is -0.142. The van der Waals surface area contributed by atoms with E-state index in [0.29, 0.717) is 38.5 Å². The number of anilines is 1. The predicted molar refractivity (Wildman–Crippen MR) is 156 cm³/mol. The molecular formula is C28H46N4O5S. The largest absolute Gasteiger partial charge is 0.493 e. The molecule has 1 unspecified atom stereocenters. The standard InChI is InChI=1S/C26H40N4O5S.C2H6/c1-6-8-9-10-11-16-30(23-24(31)28(4)26(33)29(5)27-23)17-13-18-35-21-14-12-15-22(19-21)36-20(3)25(32)34-7-2;1-2/h12,14-15,19-20H,6-11,13,16-18H2,1-5H3;1-2H3. The van der Waals surface area contributed by atoms with E-state index in [-0.39, 0.29) is 16.8 Å². The number of thioether (sulfide) groups is 1. The molecule has 0 N–H and O–H groups in total. The van der Waals surface area contributed by atoms with Crippen LogP contribution < -0.4 is 20.9 Å². The molecule has 1 heterocycles. The van der Waals surface area contributed by atoms with Crippen LogP contribution in [0.15, 0.2) is 38.8 Å². The number of unbranched alkanes of at least 4 members (excludes halogenated alkanes) is 4. The maximum atomic E-state index is 12.8. The molecule has 214 valence electrons. The fraction of sp³-hybridized carbons (Fsp3) is 0.643. The first kappa shape index (κ1) is 33.3. The van der Waals surface area contributed by atoms with E-state index >= 15 is 0 Å². The summed E-state index contributed by atoms with van der Waals surface area (Å²) < 4.78 is 13.3. The van der Waals surface area contributed by atoms with E-state index in [1.54, 1.807) is 14.0 Å². The number of esters is 1. The summed E-state index contributed by atoms with van der Waals surface area (Å²) in [5, 5.41) is 3.96. The topological polar surface area (TPSA) is 95.7 Å². The number of nitrogens with zero attached hydrogens (tertiary/aromatic N) is 4. The quantitative estimate of drug-likeness (QED) is 0.167. The van der Waals surface area contributed by atoms with Crippen LogP contribution in [0.2, 0.25) is 0 Å². The summed E-state index contributed by atoms with van der Waals surface area (Å²) in [6, 6.07) is 7.63. The Morgan fingerprint density at radius 1 is 1.05 bits per heavy atom. The van der Waals surface area contributed by atoms with Crippen molar-refractivity contribution in [1.29, 1.82) is 0 Å². The molecule has 0 spiro atoms. The van der Waals surface area contributed by atoms with Gasteiger partial charge in [0.25, 0.3) is 5.56 Å². The second-order valence-corrected chi connectivity index (χ2v) is 10.1. The molecule has 38 heavy (non-hydrogen) atoms. The lowest BCUT2D eigenvalue weighted by atomic mass is 10.1. The maximum Gasteiger partial charge on any atom is 0.346 e. The van der Waals surface area contributed by atoms with Crippen LogP contribution >= 0.6 is 11.8 Å². The fourth-order valence-electron chi connectivity index (χ4n) is 3.70. The normalized spacial score (nSPS) is 11.3. The molecule has 9 nitrogen and oxygen atoms in total. The second-order valence-electron chi connectivity index (χ2n) is 8.68. The number of rotatable bonds is 16. The molecule has 0 fully saturated rings. The van der Waals surface area contributed by atoms with Crippen LogP contribution in [0.25, 0.3) is 0 Å². The van der Waals surface area contributed by atoms with Gasteiger partial charge in [-0.05, 0) is 44.9 Å². The molecule has 2 rings (SSSR count). The number of aromatic nitrogens is 3. The van der Waals surface area contributed by atoms with Crippen molar-refractivity contribution in [3.05, 3.63) is 45.1 Å². The number of ether oxygens (including phenoxy) is 2. The fourth-order valence-corrected chi connectivity index (χ4v) is 4.62. The third-order valence-electron chi connectivity index (χ3n) is 5.71. The average molecular weight is 551 g/mol. The van der Waals surface area contributed by atoms with Gasteiger partial charge in [0.2, 0.25) is 5.82 Å². The van der Waals surface area contributed by atoms with Crippen molar-refractivity contribution in [2.45, 2.75) is 83.3 Å². The van der Waals surface area contributed by atoms with Gasteiger partial charge in [0, 0.05) is 32.1 Å². The minimum absolute atomic E-state index is 0.234. The van der Waals surface area contributed by atoms with E-state index < -0.39 is 5.69 Å². The Labute approximate surface area is 231 Å². The van der Waals surface area contributed by atoms with Crippen molar-refractivity contribution in [3.63, 3.8) is 0 Å². The van der Waals surface area contributed by atoms with E-state index in [1.165, 1.54) is 36.3 Å². The maximum absolute atomic E-state index is 12.8. The summed E-state index contributed by atoms with van der Waals surface area (Å²) in [6.45, 7) is 11.9. The minimum Gasteiger partial charge on any atom is -0.493 e. The molecule has 0 radical (unpaired) electrons. The highest BCUT2D eigenvalue weighted by Crippen LogP contribution is 2.27. The smallest absolute Gasteiger partial charge is 0.346 e. The van der Waals surface area contributed by atoms with Gasteiger partial charge < -0.3 is 14.4 Å². The predicted octanol–water partition coefficient (Wildman–Crippen LogP) is 4.79. The SMILES string of the molecule is CC.CCCCCCCN(CCCOc1cccc(SC(C)C(=O)OCC)c1)c1nn(C)c(=O)n(C)c1=O. The van der Waals surface area contributed by atoms with Crippen molar-refractivity contribution in [1.82, 2.24) is 14.3 Å². The minimum atomic E-state index is -0.440. The van der Waals surface area contributed by atoms with Crippen molar-refractivity contribution < 1.29 is 14.3 Å². The summed E-state index contributed by atoms with van der Waals surface area (Å²) in [7, 11) is 3.04. The summed E-state index contributed by atoms with van der Waals surface area (Å²) in [5.74, 6) is 0.779. The Morgan fingerprint density at radius 3 is 2.42 bits per heavy atom. The van der Waals surface area contributed by atoms with Crippen molar-refractivity contribution in [2.24, 2.45) is 14.1 Å². The molecular weight excluding hydrogens is 504 g/mol. The Morgan fingerprint density at radius 2 is 1.74 bits per heavy atom. The van der Waals surface area contributed by atoms with Gasteiger partial charge in [-0.1, -0.05) is 52.5 Å². The Kier molecular flexibility index (Phi) is 16.2. The molecule has 1 aromatic heterocycles. The second kappa shape index (κ2) is 18.5. The number of aryl methyl sites for hydroxylation is 1. The number of carbonyl (C=O) groups is 1. The third kappa shape index (κ3) is 10.9. The van der Waals surface area contributed by atoms with Gasteiger partial charge in [0.15, 0.2) is 0 Å². The number of hydrogen-bond acceptors (Lipinski definition) is 8. The highest BCUT2D eigenvalue weighted by atomic mass is 32.2. The number of hydrogen-bond donors (Lipinski definition) is 0. The highest BCUT2D eigenvalue weighted by molar-refractivity contribution is 8.00. The van der Waals surface area contributed by atoms with Crippen LogP contribution in [0.4, 0.5) is 5.82 Å². The molecule has 0 saturated heterocycles. The van der Waals surface area contributed by atoms with Crippen LogP contribution in [0.3, 0.4) is 0 Å². The van der Waals surface area contributed by atoms with Crippen LogP contribution in [-0.2, 0) is 23.6 Å². The summed E-state index contributed by atoms with van der Waals surface area (Å²) >= 11 is 1.43. The van der Waals surface area contributed by atoms with Gasteiger partial charge in [-0.25, -0.2) is 9.48 Å². The van der Waals surface area contributed by atoms with E-state index in [9.17, 15) is 14.4 Å². The zero-order chi connectivity index (χ0) is 28.5. The summed E-state index contributed by atoms with van der Waals surface area (Å²) in [6.07, 6.45) is 6.25. The van der Waals surface area contributed by atoms with Crippen LogP contribution in [-0.4, -0.2) is 51.9 Å². The van der Waals surface area contributed by atoms with Gasteiger partial charge in [0.1, 0.15) is 11.0 Å². The molecule has 10 heteroatoms. The van der Waals surface area contributed by atoms with E-state index in [2.05, 4.69) is 12.0 Å². The van der Waals surface area contributed by atoms with Gasteiger partial charge in [-0.2, -0.15) is 0 Å². The number of carbonyl (C=O) groups excluding carboxylic acids is 1. The van der Waals surface area contributed by atoms with Gasteiger partial charge >= 0.3 is 11.7 Å². The van der Waals surface area contributed by atoms with Gasteiger partial charge in [0.05, 0.1) is 13.2 Å². The monoisotopic (exact) mass is 550 g/mol. The first-order valence-electron chi connectivity index (χ1n) is 13.7. The Bertz CT molecular complexity index is 1090. The first-order chi connectivity index (χ1) is 18.3. The first-order valence-corrected chi connectivity index (χ1v) is 14.6. The Hall–Kier alpha value is -2.75. The van der Waals surface area contributed by atoms with Crippen LogP contribution in [0, 0.1) is 0 Å². The highest BCUT2D eigenvalue weighted by Gasteiger charge is 2.17. The van der Waals surface area contributed by atoms with Gasteiger partial charge in [-0.15, -0.1) is 16.9 Å². The molecule has 0 saturated carbocycles. The lowest BCUT2D eigenvalue weighted by Crippen LogP contribution is -2.43. The summed E-state index contributed by atoms with van der Waals surface area (Å²) in [4.78, 5) is 39.6. The van der Waals surface area contributed by atoms with E-state index in [1.807, 2.05) is 49.9 Å². The van der Waals surface area contributed by atoms with Crippen molar-refractivity contribution in [3.8, 4) is 5.75 Å². The van der Waals surface area contributed by atoms with Crippen molar-refractivity contribution >= 4 is 23.5 Å². The average Bonchev–Trinajstić information content (AvgIpc) is 2.92. The molecule has 1 aromatic carbocycles.